The van der Waals surface area contributed by atoms with Crippen LogP contribution in [-0.2, 0) is 17.0 Å². The number of hydrogen-bond donors (Lipinski definition) is 6. The van der Waals surface area contributed by atoms with E-state index in [-0.39, 0.29) is 55.8 Å². The van der Waals surface area contributed by atoms with Gasteiger partial charge in [-0.3, -0.25) is 42.5 Å². The van der Waals surface area contributed by atoms with Gasteiger partial charge in [-0.25, -0.2) is 19.9 Å². The molecule has 6 aliphatic rings. The van der Waals surface area contributed by atoms with Crippen molar-refractivity contribution in [3.63, 3.8) is 0 Å². The molecular weight excluding hydrogens is 1100 g/mol. The smallest absolute Gasteiger partial charge is 0.276 e. The Hall–Kier alpha value is -6.75. The number of rotatable bonds is 4. The fraction of sp³-hybridized carbons (Fsp3) is 0.412. The summed E-state index contributed by atoms with van der Waals surface area (Å²) >= 11 is 22.0. The van der Waals surface area contributed by atoms with E-state index in [2.05, 4.69) is 72.6 Å². The minimum atomic E-state index is -0.662. The Morgan fingerprint density at radius 2 is 0.882 bits per heavy atom. The van der Waals surface area contributed by atoms with Crippen LogP contribution in [0.3, 0.4) is 0 Å². The molecular formula is C51H55BrCl3N15O6. The summed E-state index contributed by atoms with van der Waals surface area (Å²) < 4.78 is 5.05. The molecule has 12 rings (SSSR count). The summed E-state index contributed by atoms with van der Waals surface area (Å²) in [5, 5.41) is 23.1. The fourth-order valence-corrected chi connectivity index (χ4v) is 12.4. The van der Waals surface area contributed by atoms with Gasteiger partial charge in [-0.15, -0.1) is 0 Å². The van der Waals surface area contributed by atoms with Gasteiger partial charge in [0.05, 0.1) is 37.1 Å². The second-order valence-corrected chi connectivity index (χ2v) is 21.8. The predicted molar refractivity (Wildman–Crippen MR) is 292 cm³/mol. The van der Waals surface area contributed by atoms with Gasteiger partial charge in [0.25, 0.3) is 34.4 Å². The van der Waals surface area contributed by atoms with Crippen molar-refractivity contribution in [3.8, 4) is 0 Å². The first-order valence-electron chi connectivity index (χ1n) is 25.0. The minimum absolute atomic E-state index is 0.186. The highest BCUT2D eigenvalue weighted by molar-refractivity contribution is 9.10. The number of nitrogen functional groups attached to an aromatic ring is 1. The van der Waals surface area contributed by atoms with Crippen molar-refractivity contribution in [1.82, 2.24) is 59.8 Å². The maximum Gasteiger partial charge on any atom is 0.276 e. The quantitative estimate of drug-likeness (QED) is 0.0966. The lowest BCUT2D eigenvalue weighted by Gasteiger charge is -2.35. The van der Waals surface area contributed by atoms with Crippen LogP contribution in [0.1, 0.15) is 145 Å². The number of nitrogens with zero attached hydrogens (tertiary/aromatic N) is 9. The Morgan fingerprint density at radius 3 is 1.22 bits per heavy atom. The summed E-state index contributed by atoms with van der Waals surface area (Å²) in [6, 6.07) is 9.74. The van der Waals surface area contributed by atoms with Crippen molar-refractivity contribution in [2.45, 2.75) is 134 Å². The summed E-state index contributed by atoms with van der Waals surface area (Å²) in [7, 11) is 0. The van der Waals surface area contributed by atoms with Gasteiger partial charge in [-0.2, -0.15) is 10.2 Å². The van der Waals surface area contributed by atoms with E-state index in [9.17, 15) is 28.8 Å². The summed E-state index contributed by atoms with van der Waals surface area (Å²) in [5.74, 6) is 0.209. The molecule has 0 unspecified atom stereocenters. The Morgan fingerprint density at radius 1 is 0.513 bits per heavy atom. The first kappa shape index (κ1) is 54.1. The van der Waals surface area contributed by atoms with Gasteiger partial charge in [0, 0.05) is 23.5 Å². The number of nitrogens with two attached hydrogens (primary N) is 1. The molecule has 3 aliphatic heterocycles. The predicted octanol–water partition coefficient (Wildman–Crippen LogP) is 8.40. The molecule has 6 aromatic heterocycles. The second kappa shape index (κ2) is 22.1. The Bertz CT molecular complexity index is 3290. The molecule has 76 heavy (non-hydrogen) atoms. The lowest BCUT2D eigenvalue weighted by Crippen LogP contribution is -2.48. The number of pyridine rings is 3. The Labute approximate surface area is 459 Å². The molecule has 0 saturated heterocycles. The third kappa shape index (κ3) is 10.7. The zero-order valence-electron chi connectivity index (χ0n) is 41.9. The van der Waals surface area contributed by atoms with Crippen LogP contribution in [0, 0.1) is 20.8 Å². The third-order valence-corrected chi connectivity index (χ3v) is 15.8. The van der Waals surface area contributed by atoms with E-state index in [0.717, 1.165) is 113 Å². The highest BCUT2D eigenvalue weighted by Crippen LogP contribution is 2.41. The van der Waals surface area contributed by atoms with Crippen molar-refractivity contribution < 1.29 is 14.4 Å². The van der Waals surface area contributed by atoms with E-state index >= 15 is 0 Å². The van der Waals surface area contributed by atoms with Crippen molar-refractivity contribution in [2.75, 3.05) is 16.4 Å². The topological polar surface area (TPSA) is 281 Å². The fourth-order valence-electron chi connectivity index (χ4n) is 11.0. The summed E-state index contributed by atoms with van der Waals surface area (Å²) in [6.45, 7) is 5.54. The maximum atomic E-state index is 13.1. The molecule has 7 N–H and O–H groups in total. The zero-order valence-corrected chi connectivity index (χ0v) is 45.7. The van der Waals surface area contributed by atoms with Crippen LogP contribution in [0.15, 0.2) is 74.1 Å². The summed E-state index contributed by atoms with van der Waals surface area (Å²) in [6.07, 6.45) is 18.1. The van der Waals surface area contributed by atoms with E-state index in [1.54, 1.807) is 31.9 Å². The van der Waals surface area contributed by atoms with Gasteiger partial charge in [-0.05, 0) is 138 Å². The largest absolute Gasteiger partial charge is 0.397 e. The van der Waals surface area contributed by atoms with Crippen molar-refractivity contribution in [1.29, 1.82) is 0 Å². The monoisotopic (exact) mass is 1160 g/mol. The summed E-state index contributed by atoms with van der Waals surface area (Å²) in [5.41, 5.74) is 7.23. The molecule has 9 heterocycles. The lowest BCUT2D eigenvalue weighted by atomic mass is 9.89. The van der Waals surface area contributed by atoms with Crippen molar-refractivity contribution in [3.05, 3.63) is 140 Å². The van der Waals surface area contributed by atoms with E-state index in [1.165, 1.54) is 37.1 Å². The standard InChI is InChI=1S/2C17H18ClN5O2.C12H12BrClN2O2.C5H7N3/c2*1-10-7-13(20-9-19-10)21-12-8-11(18)14-15(24)22-17(23(14)16(12)25)5-3-2-4-6-17;13-7-6-8(14)9-10(17)15-12(16(9)11(7)18)4-2-1-3-5-12;1-4-2-5(6)3-7-8-4/h2*7-9H,2-6H2,1H3,(H,22,24)(H,19,20,21);6H,1-5H2,(H,15,17);2-3H,1H3,(H2,6,8). The Kier molecular flexibility index (Phi) is 15.7. The molecule has 21 nitrogen and oxygen atoms in total. The average molecular weight is 1160 g/mol. The third-order valence-electron chi connectivity index (χ3n) is 14.4. The molecule has 0 bridgehead atoms. The van der Waals surface area contributed by atoms with Gasteiger partial charge in [0.2, 0.25) is 0 Å². The van der Waals surface area contributed by atoms with E-state index in [0.29, 0.717) is 43.9 Å². The number of carbonyl (C=O) groups is 3. The number of amides is 3. The number of halogens is 4. The van der Waals surface area contributed by atoms with Crippen LogP contribution in [-0.4, -0.2) is 61.6 Å². The normalized spacial score (nSPS) is 17.8. The molecule has 3 amide bonds. The number of fused-ring (bicyclic) bond motifs is 6. The molecule has 3 spiro atoms. The van der Waals surface area contributed by atoms with Gasteiger partial charge < -0.3 is 32.3 Å². The van der Waals surface area contributed by atoms with Gasteiger partial charge in [-0.1, -0.05) is 54.1 Å². The van der Waals surface area contributed by atoms with E-state index in [4.69, 9.17) is 40.5 Å². The first-order chi connectivity index (χ1) is 36.3. The molecule has 25 heteroatoms. The molecule has 0 radical (unpaired) electrons. The number of anilines is 5. The van der Waals surface area contributed by atoms with Crippen LogP contribution in [0.25, 0.3) is 0 Å². The number of hydrogen-bond acceptors (Lipinski definition) is 15. The summed E-state index contributed by atoms with van der Waals surface area (Å²) in [4.78, 5) is 91.8. The molecule has 398 valence electrons. The zero-order chi connectivity index (χ0) is 54.1. The average Bonchev–Trinajstić information content (AvgIpc) is 3.95. The molecule has 6 aromatic rings. The Balaban J connectivity index is 0.000000131. The van der Waals surface area contributed by atoms with Gasteiger partial charge in [0.1, 0.15) is 69.7 Å². The second-order valence-electron chi connectivity index (χ2n) is 19.7. The van der Waals surface area contributed by atoms with Crippen LogP contribution in [0.4, 0.5) is 28.7 Å². The highest BCUT2D eigenvalue weighted by Gasteiger charge is 2.48. The first-order valence-corrected chi connectivity index (χ1v) is 26.9. The highest BCUT2D eigenvalue weighted by atomic mass is 79.9. The van der Waals surface area contributed by atoms with Crippen LogP contribution >= 0.6 is 50.7 Å². The molecule has 3 aliphatic carbocycles. The number of carbonyl (C=O) groups excluding carboxylic acids is 3. The van der Waals surface area contributed by atoms with Crippen LogP contribution < -0.4 is 49.0 Å². The molecule has 0 aromatic carbocycles. The van der Waals surface area contributed by atoms with Crippen molar-refractivity contribution in [2.24, 2.45) is 0 Å². The maximum absolute atomic E-state index is 13.1. The van der Waals surface area contributed by atoms with Crippen LogP contribution in [0.5, 0.6) is 0 Å². The van der Waals surface area contributed by atoms with Gasteiger partial charge >= 0.3 is 0 Å². The van der Waals surface area contributed by atoms with Crippen LogP contribution in [0.2, 0.25) is 15.1 Å². The van der Waals surface area contributed by atoms with Gasteiger partial charge in [0.15, 0.2) is 0 Å². The van der Waals surface area contributed by atoms with E-state index in [1.807, 2.05) is 20.8 Å². The molecule has 0 atom stereocenters. The number of nitrogens with one attached hydrogen (secondary N) is 5. The van der Waals surface area contributed by atoms with E-state index < -0.39 is 17.0 Å². The van der Waals surface area contributed by atoms with Crippen molar-refractivity contribution >= 4 is 97.2 Å². The number of aryl methyl sites for hydroxylation is 3. The number of aromatic nitrogens is 9. The lowest BCUT2D eigenvalue weighted by molar-refractivity contribution is 0.0867. The minimum Gasteiger partial charge on any atom is -0.397 e. The SMILES string of the molecule is Cc1cc(N)cnn1.Cc1cc(Nc2cc(Cl)c3n(c2=O)C2(CCCCC2)NC3=O)ncn1.Cc1cc(Nc2cc(Cl)c3n(c2=O)C2(CCCCC2)NC3=O)ncn1.O=C1NC2(CCCCC2)n2c1c(Cl)cc(Br)c2=O. The molecule has 3 fully saturated rings. The molecule has 3 saturated carbocycles.